The fraction of sp³-hybridized carbons (Fsp3) is 0.389. The van der Waals surface area contributed by atoms with Gasteiger partial charge in [-0.2, -0.15) is 9.90 Å². The van der Waals surface area contributed by atoms with Crippen molar-refractivity contribution in [1.82, 2.24) is 19.9 Å². The average Bonchev–Trinajstić information content (AvgIpc) is 3.12. The number of para-hydroxylation sites is 1. The minimum atomic E-state index is -0.0844. The number of hydrogen-bond donors (Lipinski definition) is 0. The van der Waals surface area contributed by atoms with E-state index in [0.717, 1.165) is 25.1 Å². The Bertz CT molecular complexity index is 720. The van der Waals surface area contributed by atoms with E-state index in [1.165, 1.54) is 11.0 Å². The van der Waals surface area contributed by atoms with Gasteiger partial charge in [0.25, 0.3) is 5.91 Å². The van der Waals surface area contributed by atoms with Crippen LogP contribution >= 0.6 is 0 Å². The Morgan fingerprint density at radius 3 is 3.00 bits per heavy atom. The molecule has 1 atom stereocenters. The number of terminal acetylenes is 1. The Morgan fingerprint density at radius 2 is 2.21 bits per heavy atom. The summed E-state index contributed by atoms with van der Waals surface area (Å²) in [6, 6.07) is 9.54. The monoisotopic (exact) mass is 324 g/mol. The first-order valence-electron chi connectivity index (χ1n) is 8.06. The molecule has 2 heterocycles. The van der Waals surface area contributed by atoms with Gasteiger partial charge in [-0.1, -0.05) is 24.1 Å². The summed E-state index contributed by atoms with van der Waals surface area (Å²) in [6.07, 6.45) is 8.72. The number of benzene rings is 1. The smallest absolute Gasteiger partial charge is 0.276 e. The molecule has 0 spiro atoms. The molecule has 0 radical (unpaired) electrons. The highest BCUT2D eigenvalue weighted by Gasteiger charge is 2.26. The normalized spacial score (nSPS) is 17.5. The number of rotatable bonds is 5. The van der Waals surface area contributed by atoms with Gasteiger partial charge in [-0.25, -0.2) is 0 Å². The summed E-state index contributed by atoms with van der Waals surface area (Å²) in [7, 11) is 0. The van der Waals surface area contributed by atoms with Crippen LogP contribution in [0.15, 0.2) is 36.5 Å². The zero-order chi connectivity index (χ0) is 16.8. The topological polar surface area (TPSA) is 60.2 Å². The second-order valence-corrected chi connectivity index (χ2v) is 5.83. The van der Waals surface area contributed by atoms with Crippen molar-refractivity contribution < 1.29 is 9.53 Å². The molecule has 0 aliphatic carbocycles. The number of piperidine rings is 1. The van der Waals surface area contributed by atoms with Crippen molar-refractivity contribution >= 4 is 5.91 Å². The van der Waals surface area contributed by atoms with Crippen LogP contribution in [0.5, 0.6) is 0 Å². The molecule has 1 saturated heterocycles. The van der Waals surface area contributed by atoms with Crippen LogP contribution < -0.4 is 0 Å². The van der Waals surface area contributed by atoms with Crippen molar-refractivity contribution in [3.63, 3.8) is 0 Å². The molecular formula is C18H20N4O2. The van der Waals surface area contributed by atoms with Crippen LogP contribution in [0.3, 0.4) is 0 Å². The predicted octanol–water partition coefficient (Wildman–Crippen LogP) is 1.77. The number of carbonyl (C=O) groups excluding carboxylic acids is 1. The third-order valence-corrected chi connectivity index (χ3v) is 4.04. The van der Waals surface area contributed by atoms with Crippen molar-refractivity contribution in [2.24, 2.45) is 5.92 Å². The first-order valence-corrected chi connectivity index (χ1v) is 8.06. The van der Waals surface area contributed by atoms with Crippen LogP contribution in [0.1, 0.15) is 23.3 Å². The summed E-state index contributed by atoms with van der Waals surface area (Å²) in [5.74, 6) is 2.70. The van der Waals surface area contributed by atoms with E-state index in [0.29, 0.717) is 31.4 Å². The van der Waals surface area contributed by atoms with Crippen LogP contribution in [0.4, 0.5) is 0 Å². The molecule has 1 aromatic heterocycles. The third-order valence-electron chi connectivity index (χ3n) is 4.04. The van der Waals surface area contributed by atoms with Gasteiger partial charge in [0.15, 0.2) is 5.69 Å². The Labute approximate surface area is 141 Å². The Kier molecular flexibility index (Phi) is 5.24. The van der Waals surface area contributed by atoms with Gasteiger partial charge in [0.05, 0.1) is 18.5 Å². The van der Waals surface area contributed by atoms with Gasteiger partial charge in [0.1, 0.15) is 6.61 Å². The fourth-order valence-electron chi connectivity index (χ4n) is 2.88. The quantitative estimate of drug-likeness (QED) is 0.621. The van der Waals surface area contributed by atoms with Crippen molar-refractivity contribution in [2.45, 2.75) is 12.8 Å². The Hall–Kier alpha value is -2.65. The number of likely N-dealkylation sites (tertiary alicyclic amines) is 1. The number of ether oxygens (including phenoxy) is 1. The molecule has 124 valence electrons. The van der Waals surface area contributed by atoms with Crippen molar-refractivity contribution in [1.29, 1.82) is 0 Å². The second-order valence-electron chi connectivity index (χ2n) is 5.83. The number of aromatic nitrogens is 3. The molecule has 1 aromatic carbocycles. The molecule has 1 aliphatic rings. The van der Waals surface area contributed by atoms with Gasteiger partial charge >= 0.3 is 0 Å². The first-order chi connectivity index (χ1) is 11.8. The molecule has 0 N–H and O–H groups in total. The summed E-state index contributed by atoms with van der Waals surface area (Å²) in [4.78, 5) is 16.0. The predicted molar refractivity (Wildman–Crippen MR) is 89.6 cm³/mol. The summed E-state index contributed by atoms with van der Waals surface area (Å²) in [5, 5.41) is 8.51. The Morgan fingerprint density at radius 1 is 1.38 bits per heavy atom. The van der Waals surface area contributed by atoms with Crippen LogP contribution in [-0.2, 0) is 4.74 Å². The van der Waals surface area contributed by atoms with Gasteiger partial charge in [-0.15, -0.1) is 11.5 Å². The van der Waals surface area contributed by atoms with Gasteiger partial charge in [0.2, 0.25) is 0 Å². The Balaban J connectivity index is 1.64. The maximum atomic E-state index is 12.7. The molecule has 6 heteroatoms. The summed E-state index contributed by atoms with van der Waals surface area (Å²) in [6.45, 7) is 2.31. The average molecular weight is 324 g/mol. The number of nitrogens with zero attached hydrogens (tertiary/aromatic N) is 4. The van der Waals surface area contributed by atoms with Gasteiger partial charge in [-0.05, 0) is 25.0 Å². The summed E-state index contributed by atoms with van der Waals surface area (Å²) >= 11 is 0. The van der Waals surface area contributed by atoms with Crippen molar-refractivity contribution in [3.05, 3.63) is 42.2 Å². The molecular weight excluding hydrogens is 304 g/mol. The van der Waals surface area contributed by atoms with Gasteiger partial charge < -0.3 is 9.64 Å². The van der Waals surface area contributed by atoms with Crippen molar-refractivity contribution in [3.8, 4) is 18.0 Å². The van der Waals surface area contributed by atoms with E-state index >= 15 is 0 Å². The minimum absolute atomic E-state index is 0.0844. The molecule has 2 aromatic rings. The van der Waals surface area contributed by atoms with E-state index in [1.807, 2.05) is 35.2 Å². The lowest BCUT2D eigenvalue weighted by atomic mass is 9.99. The van der Waals surface area contributed by atoms with E-state index in [2.05, 4.69) is 16.1 Å². The van der Waals surface area contributed by atoms with Crippen molar-refractivity contribution in [2.75, 3.05) is 26.3 Å². The number of hydrogen-bond acceptors (Lipinski definition) is 4. The standard InChI is InChI=1S/C18H20N4O2/c1-2-11-24-14-15-7-6-10-21(13-15)18(23)17-12-19-22(20-17)16-8-4-3-5-9-16/h1,3-5,8-9,12,15H,6-7,10-11,13-14H2. The van der Waals surface area contributed by atoms with E-state index in [-0.39, 0.29) is 5.91 Å². The SMILES string of the molecule is C#CCOCC1CCCN(C(=O)c2cnn(-c3ccccc3)n2)C1. The molecule has 24 heavy (non-hydrogen) atoms. The summed E-state index contributed by atoms with van der Waals surface area (Å²) < 4.78 is 5.41. The van der Waals surface area contributed by atoms with Crippen LogP contribution in [0, 0.1) is 18.3 Å². The lowest BCUT2D eigenvalue weighted by molar-refractivity contribution is 0.0529. The van der Waals surface area contributed by atoms with E-state index in [9.17, 15) is 4.79 Å². The lowest BCUT2D eigenvalue weighted by Gasteiger charge is -2.32. The zero-order valence-electron chi connectivity index (χ0n) is 13.5. The van der Waals surface area contributed by atoms with E-state index < -0.39 is 0 Å². The molecule has 1 unspecified atom stereocenters. The highest BCUT2D eigenvalue weighted by molar-refractivity contribution is 5.92. The second kappa shape index (κ2) is 7.75. The van der Waals surface area contributed by atoms with Gasteiger partial charge in [0, 0.05) is 19.0 Å². The first kappa shape index (κ1) is 16.2. The number of carbonyl (C=O) groups is 1. The van der Waals surface area contributed by atoms with Gasteiger partial charge in [-0.3, -0.25) is 4.79 Å². The summed E-state index contributed by atoms with van der Waals surface area (Å²) in [5.41, 5.74) is 1.19. The maximum Gasteiger partial charge on any atom is 0.276 e. The fourth-order valence-corrected chi connectivity index (χ4v) is 2.88. The zero-order valence-corrected chi connectivity index (χ0v) is 13.5. The molecule has 1 aliphatic heterocycles. The molecule has 0 saturated carbocycles. The highest BCUT2D eigenvalue weighted by Crippen LogP contribution is 2.18. The third kappa shape index (κ3) is 3.81. The maximum absolute atomic E-state index is 12.7. The van der Waals surface area contributed by atoms with Crippen LogP contribution in [0.25, 0.3) is 5.69 Å². The van der Waals surface area contributed by atoms with Crippen LogP contribution in [0.2, 0.25) is 0 Å². The minimum Gasteiger partial charge on any atom is -0.368 e. The van der Waals surface area contributed by atoms with E-state index in [4.69, 9.17) is 11.2 Å². The van der Waals surface area contributed by atoms with E-state index in [1.54, 1.807) is 0 Å². The molecule has 1 amide bonds. The number of amides is 1. The highest BCUT2D eigenvalue weighted by atomic mass is 16.5. The van der Waals surface area contributed by atoms with Crippen LogP contribution in [-0.4, -0.2) is 52.1 Å². The lowest BCUT2D eigenvalue weighted by Crippen LogP contribution is -2.41. The molecule has 6 nitrogen and oxygen atoms in total. The largest absolute Gasteiger partial charge is 0.368 e. The molecule has 1 fully saturated rings. The molecule has 0 bridgehead atoms. The molecule has 3 rings (SSSR count).